The van der Waals surface area contributed by atoms with Crippen LogP contribution in [0.4, 0.5) is 0 Å². The highest BCUT2D eigenvalue weighted by Gasteiger charge is 2.17. The Labute approximate surface area is 379 Å². The Bertz CT molecular complexity index is 2010. The van der Waals surface area contributed by atoms with Gasteiger partial charge >= 0.3 is 0 Å². The van der Waals surface area contributed by atoms with Crippen molar-refractivity contribution < 1.29 is 0 Å². The average molecular weight is 889 g/mol. The predicted molar refractivity (Wildman–Crippen MR) is 274 cm³/mol. The van der Waals surface area contributed by atoms with Crippen molar-refractivity contribution in [3.05, 3.63) is 56.8 Å². The maximum atomic E-state index is 14.6. The van der Waals surface area contributed by atoms with Crippen molar-refractivity contribution in [2.75, 3.05) is 23.0 Å². The van der Waals surface area contributed by atoms with Crippen LogP contribution in [0.15, 0.2) is 65.6 Å². The maximum Gasteiger partial charge on any atom is 0.197 e. The molecule has 4 nitrogen and oxygen atoms in total. The lowest BCUT2D eigenvalue weighted by Crippen LogP contribution is -2.09. The van der Waals surface area contributed by atoms with Crippen molar-refractivity contribution in [2.45, 2.75) is 201 Å². The summed E-state index contributed by atoms with van der Waals surface area (Å²) in [6, 6.07) is 12.8. The molecule has 0 saturated heterocycles. The van der Waals surface area contributed by atoms with E-state index in [1.54, 1.807) is 0 Å². The lowest BCUT2D eigenvalue weighted by Gasteiger charge is -2.14. The molecule has 0 unspecified atom stereocenters. The van der Waals surface area contributed by atoms with Crippen LogP contribution in [0.3, 0.4) is 0 Å². The highest BCUT2D eigenvalue weighted by Crippen LogP contribution is 2.36. The number of nitrogens with one attached hydrogen (secondary N) is 2. The first-order valence-electron chi connectivity index (χ1n) is 24.2. The van der Waals surface area contributed by atoms with Crippen LogP contribution in [-0.4, -0.2) is 33.0 Å². The fraction of sp³-hybridized carbons (Fsp3) is 0.615. The lowest BCUT2D eigenvalue weighted by atomic mass is 10.1. The average Bonchev–Trinajstić information content (AvgIpc) is 3.25. The molecule has 0 radical (unpaired) electrons. The standard InChI is InChI=1S/C52H76N2O2S4/c1-5-9-13-17-21-25-29-57-39-33-43-49(47(35-39)59-31-27-23-19-15-11-7-3)53-45-38-42-46(37-41(45)51(43)55)54-50-44(52(42)56)34-40(58-30-26-22-18-14-10-6-2)36-48(50)60-32-28-24-20-16-12-8-4/h33-38H,5-32H2,1-4H3,(H,53,55)(H,54,56). The van der Waals surface area contributed by atoms with Crippen LogP contribution in [0.2, 0.25) is 0 Å². The molecule has 2 aromatic heterocycles. The summed E-state index contributed by atoms with van der Waals surface area (Å²) in [4.78, 5) is 41.3. The van der Waals surface area contributed by atoms with E-state index in [-0.39, 0.29) is 10.9 Å². The quantitative estimate of drug-likeness (QED) is 0.0255. The number of aromatic nitrogens is 2. The van der Waals surface area contributed by atoms with E-state index < -0.39 is 0 Å². The van der Waals surface area contributed by atoms with Gasteiger partial charge in [-0.2, -0.15) is 0 Å². The molecule has 0 aliphatic heterocycles. The fourth-order valence-electron chi connectivity index (χ4n) is 8.21. The van der Waals surface area contributed by atoms with Crippen molar-refractivity contribution in [1.29, 1.82) is 0 Å². The van der Waals surface area contributed by atoms with Gasteiger partial charge in [-0.15, -0.1) is 47.0 Å². The molecule has 0 bridgehead atoms. The summed E-state index contributed by atoms with van der Waals surface area (Å²) < 4.78 is 0. The summed E-state index contributed by atoms with van der Waals surface area (Å²) >= 11 is 7.54. The van der Waals surface area contributed by atoms with Gasteiger partial charge in [0, 0.05) is 41.1 Å². The molecule has 0 amide bonds. The van der Waals surface area contributed by atoms with Crippen LogP contribution in [0.5, 0.6) is 0 Å². The largest absolute Gasteiger partial charge is 0.353 e. The van der Waals surface area contributed by atoms with Gasteiger partial charge in [-0.25, -0.2) is 0 Å². The maximum absolute atomic E-state index is 14.6. The zero-order valence-corrected chi connectivity index (χ0v) is 41.0. The van der Waals surface area contributed by atoms with E-state index in [0.717, 1.165) is 65.6 Å². The molecule has 0 aliphatic rings. The first kappa shape index (κ1) is 49.0. The monoisotopic (exact) mass is 888 g/mol. The number of unbranched alkanes of at least 4 members (excludes halogenated alkanes) is 20. The molecule has 0 fully saturated rings. The highest BCUT2D eigenvalue weighted by atomic mass is 32.2. The Hall–Kier alpha value is -2.00. The summed E-state index contributed by atoms with van der Waals surface area (Å²) in [6.07, 6.45) is 30.6. The Morgan fingerprint density at radius 1 is 0.350 bits per heavy atom. The molecule has 0 saturated carbocycles. The third-order valence-corrected chi connectivity index (χ3v) is 16.2. The molecule has 330 valence electrons. The van der Waals surface area contributed by atoms with E-state index in [9.17, 15) is 9.59 Å². The molecule has 0 spiro atoms. The van der Waals surface area contributed by atoms with E-state index in [2.05, 4.69) is 61.9 Å². The Morgan fingerprint density at radius 3 is 0.983 bits per heavy atom. The fourth-order valence-corrected chi connectivity index (χ4v) is 12.5. The SMILES string of the molecule is CCCCCCCCSc1cc(SCCCCCCCC)c2[nH]c3cc4c(=O)c5cc(SCCCCCCCC)cc(SCCCCCCCC)c5[nH]c4cc3c(=O)c2c1. The summed E-state index contributed by atoms with van der Waals surface area (Å²) in [5.41, 5.74) is 3.39. The van der Waals surface area contributed by atoms with E-state index >= 15 is 0 Å². The Kier molecular flexibility index (Phi) is 22.8. The zero-order chi connectivity index (χ0) is 42.4. The minimum atomic E-state index is 0.0455. The number of hydrogen-bond acceptors (Lipinski definition) is 6. The van der Waals surface area contributed by atoms with Gasteiger partial charge in [0.05, 0.1) is 22.1 Å². The van der Waals surface area contributed by atoms with E-state index in [1.807, 2.05) is 59.2 Å². The smallest absolute Gasteiger partial charge is 0.197 e. The third-order valence-electron chi connectivity index (χ3n) is 11.9. The van der Waals surface area contributed by atoms with Crippen molar-refractivity contribution in [3.63, 3.8) is 0 Å². The van der Waals surface area contributed by atoms with Crippen LogP contribution in [0, 0.1) is 0 Å². The van der Waals surface area contributed by atoms with Crippen molar-refractivity contribution in [2.24, 2.45) is 0 Å². The topological polar surface area (TPSA) is 65.7 Å². The van der Waals surface area contributed by atoms with Gasteiger partial charge in [-0.05, 0) is 85.1 Å². The van der Waals surface area contributed by atoms with Crippen molar-refractivity contribution >= 4 is 90.7 Å². The van der Waals surface area contributed by atoms with E-state index in [4.69, 9.17) is 0 Å². The Morgan fingerprint density at radius 2 is 0.650 bits per heavy atom. The molecular formula is C52H76N2O2S4. The summed E-state index contributed by atoms with van der Waals surface area (Å²) in [5, 5.41) is 2.79. The third kappa shape index (κ3) is 15.1. The summed E-state index contributed by atoms with van der Waals surface area (Å²) in [6.45, 7) is 9.08. The normalized spacial score (nSPS) is 11.9. The van der Waals surface area contributed by atoms with Crippen LogP contribution < -0.4 is 10.9 Å². The van der Waals surface area contributed by atoms with Gasteiger partial charge in [0.25, 0.3) is 0 Å². The van der Waals surface area contributed by atoms with Gasteiger partial charge in [0.2, 0.25) is 0 Å². The number of H-pyrrole nitrogens is 2. The number of benzene rings is 3. The number of thioether (sulfide) groups is 4. The van der Waals surface area contributed by atoms with Gasteiger partial charge in [0.1, 0.15) is 0 Å². The first-order valence-corrected chi connectivity index (χ1v) is 28.1. The number of fused-ring (bicyclic) bond motifs is 4. The molecule has 0 aliphatic carbocycles. The second kappa shape index (κ2) is 27.9. The molecular weight excluding hydrogens is 813 g/mol. The molecule has 3 aromatic carbocycles. The highest BCUT2D eigenvalue weighted by molar-refractivity contribution is 8.00. The minimum Gasteiger partial charge on any atom is -0.353 e. The van der Waals surface area contributed by atoms with Gasteiger partial charge in [-0.3, -0.25) is 9.59 Å². The van der Waals surface area contributed by atoms with Crippen LogP contribution in [0.25, 0.3) is 43.6 Å². The lowest BCUT2D eigenvalue weighted by molar-refractivity contribution is 0.627. The summed E-state index contributed by atoms with van der Waals surface area (Å²) in [5.74, 6) is 4.22. The molecule has 0 atom stereocenters. The predicted octanol–water partition coefficient (Wildman–Crippen LogP) is 17.5. The van der Waals surface area contributed by atoms with Crippen LogP contribution >= 0.6 is 47.0 Å². The van der Waals surface area contributed by atoms with Crippen LogP contribution in [-0.2, 0) is 0 Å². The second-order valence-corrected chi connectivity index (χ2v) is 21.6. The molecule has 8 heteroatoms. The van der Waals surface area contributed by atoms with Crippen molar-refractivity contribution in [1.82, 2.24) is 9.97 Å². The number of aromatic amines is 2. The van der Waals surface area contributed by atoms with E-state index in [0.29, 0.717) is 10.8 Å². The molecule has 2 heterocycles. The molecule has 5 rings (SSSR count). The molecule has 5 aromatic rings. The summed E-state index contributed by atoms with van der Waals surface area (Å²) in [7, 11) is 0. The molecule has 60 heavy (non-hydrogen) atoms. The zero-order valence-electron chi connectivity index (χ0n) is 37.7. The van der Waals surface area contributed by atoms with Crippen LogP contribution in [0.1, 0.15) is 182 Å². The van der Waals surface area contributed by atoms with Gasteiger partial charge in [-0.1, -0.05) is 156 Å². The van der Waals surface area contributed by atoms with Gasteiger partial charge in [0.15, 0.2) is 10.9 Å². The minimum absolute atomic E-state index is 0.0455. The number of rotatable bonds is 32. The van der Waals surface area contributed by atoms with E-state index in [1.165, 1.54) is 164 Å². The number of hydrogen-bond donors (Lipinski definition) is 2. The van der Waals surface area contributed by atoms with Gasteiger partial charge < -0.3 is 9.97 Å². The first-order chi connectivity index (χ1) is 29.5. The second-order valence-electron chi connectivity index (χ2n) is 17.0. The Balaban J connectivity index is 1.48. The van der Waals surface area contributed by atoms with Crippen molar-refractivity contribution in [3.8, 4) is 0 Å². The molecule has 2 N–H and O–H groups in total. The number of pyridine rings is 2.